The molecule has 1 aliphatic heterocycles. The lowest BCUT2D eigenvalue weighted by Crippen LogP contribution is -2.34. The Morgan fingerprint density at radius 1 is 1.12 bits per heavy atom. The number of ether oxygens (including phenoxy) is 1. The van der Waals surface area contributed by atoms with Gasteiger partial charge in [0.15, 0.2) is 0 Å². The van der Waals surface area contributed by atoms with Crippen molar-refractivity contribution in [1.29, 1.82) is 0 Å². The standard InChI is InChI=1S/C17H20N4O3/c22-16(23)13-20-9-4-10-21(12-11-20)17-18-8-7-15(19-17)24-14-5-2-1-3-6-14/h1-3,5-8H,4,9-13H2,(H,22,23). The number of hydrogen-bond acceptors (Lipinski definition) is 6. The minimum absolute atomic E-state index is 0.0753. The molecule has 0 unspecified atom stereocenters. The van der Waals surface area contributed by atoms with E-state index in [1.54, 1.807) is 12.3 Å². The number of carboxylic acid groups (broad SMARTS) is 1. The molecule has 1 aliphatic rings. The van der Waals surface area contributed by atoms with Crippen LogP contribution in [0.4, 0.5) is 5.95 Å². The van der Waals surface area contributed by atoms with Crippen molar-refractivity contribution in [2.45, 2.75) is 6.42 Å². The van der Waals surface area contributed by atoms with Gasteiger partial charge in [0.25, 0.3) is 0 Å². The van der Waals surface area contributed by atoms with Gasteiger partial charge >= 0.3 is 5.97 Å². The van der Waals surface area contributed by atoms with Gasteiger partial charge in [0, 0.05) is 38.4 Å². The van der Waals surface area contributed by atoms with Crippen molar-refractivity contribution in [2.24, 2.45) is 0 Å². The highest BCUT2D eigenvalue weighted by atomic mass is 16.5. The molecule has 0 spiro atoms. The number of carboxylic acids is 1. The second-order valence-corrected chi connectivity index (χ2v) is 5.62. The molecule has 0 saturated carbocycles. The summed E-state index contributed by atoms with van der Waals surface area (Å²) in [6.45, 7) is 3.02. The third-order valence-electron chi connectivity index (χ3n) is 3.81. The fourth-order valence-electron chi connectivity index (χ4n) is 2.67. The number of carbonyl (C=O) groups is 1. The smallest absolute Gasteiger partial charge is 0.317 e. The van der Waals surface area contributed by atoms with Gasteiger partial charge in [-0.05, 0) is 18.6 Å². The fourth-order valence-corrected chi connectivity index (χ4v) is 2.67. The van der Waals surface area contributed by atoms with E-state index in [4.69, 9.17) is 9.84 Å². The first kappa shape index (κ1) is 16.2. The van der Waals surface area contributed by atoms with Crippen molar-refractivity contribution in [1.82, 2.24) is 14.9 Å². The van der Waals surface area contributed by atoms with E-state index in [0.29, 0.717) is 24.9 Å². The Balaban J connectivity index is 1.66. The van der Waals surface area contributed by atoms with Gasteiger partial charge in [-0.25, -0.2) is 4.98 Å². The summed E-state index contributed by atoms with van der Waals surface area (Å²) in [5.74, 6) is 1.04. The summed E-state index contributed by atoms with van der Waals surface area (Å²) >= 11 is 0. The van der Waals surface area contributed by atoms with Crippen LogP contribution >= 0.6 is 0 Å². The molecule has 1 fully saturated rings. The molecule has 3 rings (SSSR count). The molecule has 0 atom stereocenters. The Morgan fingerprint density at radius 2 is 1.96 bits per heavy atom. The van der Waals surface area contributed by atoms with Crippen LogP contribution in [0.15, 0.2) is 42.6 Å². The maximum absolute atomic E-state index is 10.9. The molecule has 7 heteroatoms. The van der Waals surface area contributed by atoms with Crippen molar-refractivity contribution in [3.63, 3.8) is 0 Å². The zero-order chi connectivity index (χ0) is 16.8. The summed E-state index contributed by atoms with van der Waals surface area (Å²) < 4.78 is 5.75. The third-order valence-corrected chi connectivity index (χ3v) is 3.81. The second kappa shape index (κ2) is 7.74. The molecule has 0 radical (unpaired) electrons. The number of para-hydroxylation sites is 1. The Kier molecular flexibility index (Phi) is 5.22. The van der Waals surface area contributed by atoms with Crippen molar-refractivity contribution >= 4 is 11.9 Å². The summed E-state index contributed by atoms with van der Waals surface area (Å²) in [5.41, 5.74) is 0. The van der Waals surface area contributed by atoms with E-state index in [-0.39, 0.29) is 6.54 Å². The van der Waals surface area contributed by atoms with Crippen molar-refractivity contribution in [3.05, 3.63) is 42.6 Å². The highest BCUT2D eigenvalue weighted by Crippen LogP contribution is 2.20. The zero-order valence-corrected chi connectivity index (χ0v) is 13.3. The molecule has 7 nitrogen and oxygen atoms in total. The van der Waals surface area contributed by atoms with Gasteiger partial charge in [-0.3, -0.25) is 9.69 Å². The molecular formula is C17H20N4O3. The number of anilines is 1. The van der Waals surface area contributed by atoms with Gasteiger partial charge < -0.3 is 14.7 Å². The van der Waals surface area contributed by atoms with Gasteiger partial charge in [-0.1, -0.05) is 18.2 Å². The number of aliphatic carboxylic acids is 1. The van der Waals surface area contributed by atoms with Gasteiger partial charge in [0.1, 0.15) is 5.75 Å². The van der Waals surface area contributed by atoms with Crippen LogP contribution in [0, 0.1) is 0 Å². The summed E-state index contributed by atoms with van der Waals surface area (Å²) in [7, 11) is 0. The third kappa shape index (κ3) is 4.42. The molecule has 2 aromatic rings. The van der Waals surface area contributed by atoms with Gasteiger partial charge in [-0.2, -0.15) is 4.98 Å². The molecule has 24 heavy (non-hydrogen) atoms. The van der Waals surface area contributed by atoms with E-state index in [9.17, 15) is 4.79 Å². The highest BCUT2D eigenvalue weighted by molar-refractivity contribution is 5.69. The molecule has 1 saturated heterocycles. The molecule has 2 heterocycles. The van der Waals surface area contributed by atoms with Crippen LogP contribution < -0.4 is 9.64 Å². The average molecular weight is 328 g/mol. The predicted molar refractivity (Wildman–Crippen MR) is 89.5 cm³/mol. The van der Waals surface area contributed by atoms with E-state index < -0.39 is 5.97 Å². The van der Waals surface area contributed by atoms with Crippen molar-refractivity contribution in [2.75, 3.05) is 37.6 Å². The highest BCUT2D eigenvalue weighted by Gasteiger charge is 2.18. The van der Waals surface area contributed by atoms with Gasteiger partial charge in [0.2, 0.25) is 11.8 Å². The van der Waals surface area contributed by atoms with E-state index in [0.717, 1.165) is 25.3 Å². The lowest BCUT2D eigenvalue weighted by Gasteiger charge is -2.21. The normalized spacial score (nSPS) is 15.8. The summed E-state index contributed by atoms with van der Waals surface area (Å²) in [6.07, 6.45) is 2.56. The Hall–Kier alpha value is -2.67. The zero-order valence-electron chi connectivity index (χ0n) is 13.3. The first-order valence-electron chi connectivity index (χ1n) is 7.96. The molecule has 1 aromatic carbocycles. The van der Waals surface area contributed by atoms with E-state index in [2.05, 4.69) is 14.9 Å². The molecule has 0 bridgehead atoms. The summed E-state index contributed by atoms with van der Waals surface area (Å²) in [4.78, 5) is 23.7. The minimum Gasteiger partial charge on any atom is -0.480 e. The first-order chi connectivity index (χ1) is 11.7. The van der Waals surface area contributed by atoms with Crippen molar-refractivity contribution in [3.8, 4) is 11.6 Å². The number of benzene rings is 1. The first-order valence-corrected chi connectivity index (χ1v) is 7.96. The number of hydrogen-bond donors (Lipinski definition) is 1. The number of rotatable bonds is 5. The van der Waals surface area contributed by atoms with Crippen LogP contribution in [0.2, 0.25) is 0 Å². The molecular weight excluding hydrogens is 308 g/mol. The largest absolute Gasteiger partial charge is 0.480 e. The topological polar surface area (TPSA) is 78.8 Å². The summed E-state index contributed by atoms with van der Waals surface area (Å²) in [6, 6.07) is 11.2. The Labute approximate surface area is 140 Å². The second-order valence-electron chi connectivity index (χ2n) is 5.62. The van der Waals surface area contributed by atoms with Crippen LogP contribution in [-0.4, -0.2) is 58.7 Å². The van der Waals surface area contributed by atoms with E-state index in [1.165, 1.54) is 0 Å². The number of nitrogens with zero attached hydrogens (tertiary/aromatic N) is 4. The van der Waals surface area contributed by atoms with Crippen LogP contribution in [0.1, 0.15) is 6.42 Å². The van der Waals surface area contributed by atoms with Crippen LogP contribution in [0.25, 0.3) is 0 Å². The monoisotopic (exact) mass is 328 g/mol. The van der Waals surface area contributed by atoms with Crippen LogP contribution in [0.5, 0.6) is 11.6 Å². The molecule has 1 aromatic heterocycles. The Bertz CT molecular complexity index is 681. The van der Waals surface area contributed by atoms with Crippen LogP contribution in [0.3, 0.4) is 0 Å². The van der Waals surface area contributed by atoms with Crippen LogP contribution in [-0.2, 0) is 4.79 Å². The lowest BCUT2D eigenvalue weighted by molar-refractivity contribution is -0.138. The quantitative estimate of drug-likeness (QED) is 0.897. The molecule has 0 aliphatic carbocycles. The lowest BCUT2D eigenvalue weighted by atomic mass is 10.3. The maximum Gasteiger partial charge on any atom is 0.317 e. The molecule has 1 N–H and O–H groups in total. The van der Waals surface area contributed by atoms with E-state index >= 15 is 0 Å². The summed E-state index contributed by atoms with van der Waals surface area (Å²) in [5, 5.41) is 8.92. The number of aromatic nitrogens is 2. The molecule has 126 valence electrons. The maximum atomic E-state index is 10.9. The predicted octanol–water partition coefficient (Wildman–Crippen LogP) is 1.87. The van der Waals surface area contributed by atoms with Crippen molar-refractivity contribution < 1.29 is 14.6 Å². The SMILES string of the molecule is O=C(O)CN1CCCN(c2nccc(Oc3ccccc3)n2)CC1. The van der Waals surface area contributed by atoms with E-state index in [1.807, 2.05) is 35.2 Å². The van der Waals surface area contributed by atoms with Gasteiger partial charge in [0.05, 0.1) is 6.54 Å². The van der Waals surface area contributed by atoms with Gasteiger partial charge in [-0.15, -0.1) is 0 Å². The average Bonchev–Trinajstić information content (AvgIpc) is 2.81. The fraction of sp³-hybridized carbons (Fsp3) is 0.353. The minimum atomic E-state index is -0.794. The Morgan fingerprint density at radius 3 is 2.75 bits per heavy atom. The molecule has 0 amide bonds.